The van der Waals surface area contributed by atoms with Crippen LogP contribution >= 0.6 is 0 Å². The number of anilines is 2. The first-order valence-electron chi connectivity index (χ1n) is 10.4. The van der Waals surface area contributed by atoms with E-state index >= 15 is 0 Å². The average molecular weight is 401 g/mol. The maximum atomic E-state index is 12.4. The van der Waals surface area contributed by atoms with Crippen molar-refractivity contribution in [3.63, 3.8) is 0 Å². The van der Waals surface area contributed by atoms with Gasteiger partial charge in [0.1, 0.15) is 6.04 Å². The zero-order valence-electron chi connectivity index (χ0n) is 17.8. The van der Waals surface area contributed by atoms with Crippen molar-refractivity contribution in [3.8, 4) is 0 Å². The number of carbonyl (C=O) groups excluding carboxylic acids is 3. The molecule has 2 fully saturated rings. The van der Waals surface area contributed by atoms with Crippen LogP contribution < -0.4 is 20.4 Å². The largest absolute Gasteiger partial charge is 0.368 e. The van der Waals surface area contributed by atoms with E-state index < -0.39 is 11.9 Å². The van der Waals surface area contributed by atoms with Crippen LogP contribution in [0.15, 0.2) is 18.2 Å². The number of nitrogens with one attached hydrogen (secondary N) is 2. The van der Waals surface area contributed by atoms with Gasteiger partial charge in [-0.1, -0.05) is 6.07 Å². The number of piperidine rings is 2. The Morgan fingerprint density at radius 2 is 1.76 bits per heavy atom. The molecule has 3 rings (SSSR count). The summed E-state index contributed by atoms with van der Waals surface area (Å²) in [6.45, 7) is 8.36. The van der Waals surface area contributed by atoms with Gasteiger partial charge in [0, 0.05) is 19.0 Å². The highest BCUT2D eigenvalue weighted by molar-refractivity contribution is 6.04. The number of hydrogen-bond acceptors (Lipinski definition) is 5. The Morgan fingerprint density at radius 3 is 2.34 bits per heavy atom. The number of amides is 3. The molecule has 0 aliphatic carbocycles. The van der Waals surface area contributed by atoms with Crippen molar-refractivity contribution in [2.75, 3.05) is 29.9 Å². The second kappa shape index (κ2) is 8.53. The van der Waals surface area contributed by atoms with E-state index in [1.165, 1.54) is 10.5 Å². The van der Waals surface area contributed by atoms with Crippen molar-refractivity contribution < 1.29 is 14.4 Å². The van der Waals surface area contributed by atoms with Gasteiger partial charge in [0.05, 0.1) is 11.4 Å². The third kappa shape index (κ3) is 4.61. The molecule has 2 N–H and O–H groups in total. The molecule has 7 nitrogen and oxygen atoms in total. The van der Waals surface area contributed by atoms with Crippen molar-refractivity contribution in [1.29, 1.82) is 0 Å². The Balaban J connectivity index is 2.02. The van der Waals surface area contributed by atoms with Crippen LogP contribution in [0.3, 0.4) is 0 Å². The second-order valence-corrected chi connectivity index (χ2v) is 8.98. The summed E-state index contributed by atoms with van der Waals surface area (Å²) in [6, 6.07) is 5.52. The Hall–Kier alpha value is -2.41. The van der Waals surface area contributed by atoms with E-state index in [0.29, 0.717) is 24.4 Å². The van der Waals surface area contributed by atoms with Crippen molar-refractivity contribution in [1.82, 2.24) is 10.6 Å². The van der Waals surface area contributed by atoms with Gasteiger partial charge in [-0.25, -0.2) is 0 Å². The lowest BCUT2D eigenvalue weighted by Crippen LogP contribution is -2.52. The van der Waals surface area contributed by atoms with E-state index in [4.69, 9.17) is 0 Å². The molecule has 2 aliphatic rings. The Labute approximate surface area is 172 Å². The van der Waals surface area contributed by atoms with Crippen molar-refractivity contribution in [3.05, 3.63) is 23.8 Å². The molecular formula is C22H32N4O3. The third-order valence-corrected chi connectivity index (χ3v) is 6.12. The summed E-state index contributed by atoms with van der Waals surface area (Å²) < 4.78 is 0. The van der Waals surface area contributed by atoms with Gasteiger partial charge in [-0.3, -0.25) is 19.7 Å². The first-order valence-corrected chi connectivity index (χ1v) is 10.4. The molecule has 0 saturated carbocycles. The van der Waals surface area contributed by atoms with Gasteiger partial charge < -0.3 is 15.1 Å². The van der Waals surface area contributed by atoms with E-state index in [9.17, 15) is 14.4 Å². The van der Waals surface area contributed by atoms with Crippen LogP contribution in [-0.4, -0.2) is 49.9 Å². The molecule has 3 amide bonds. The molecule has 1 unspecified atom stereocenters. The maximum Gasteiger partial charge on any atom is 0.249 e. The molecule has 29 heavy (non-hydrogen) atoms. The highest BCUT2D eigenvalue weighted by atomic mass is 16.2. The fraction of sp³-hybridized carbons (Fsp3) is 0.591. The highest BCUT2D eigenvalue weighted by Gasteiger charge is 2.34. The topological polar surface area (TPSA) is 81.8 Å². The maximum absolute atomic E-state index is 12.4. The zero-order chi connectivity index (χ0) is 21.2. The van der Waals surface area contributed by atoms with Gasteiger partial charge in [0.15, 0.2) is 0 Å². The molecule has 7 heteroatoms. The van der Waals surface area contributed by atoms with Gasteiger partial charge in [0.2, 0.25) is 18.2 Å². The van der Waals surface area contributed by atoms with E-state index in [0.717, 1.165) is 31.6 Å². The van der Waals surface area contributed by atoms with Crippen LogP contribution in [0.5, 0.6) is 0 Å². The van der Waals surface area contributed by atoms with Crippen LogP contribution in [0.1, 0.15) is 57.9 Å². The van der Waals surface area contributed by atoms with E-state index in [2.05, 4.69) is 48.4 Å². The minimum atomic E-state index is -0.679. The number of rotatable bonds is 5. The number of imide groups is 1. The standard InChI is InChI=1S/C22H32N4O3/c1-22(2,3)25(4)19-13-16(15-9-11-23-12-10-15)5-6-17(19)26(14-27)18-7-8-20(28)24-21(18)29/h5-6,13-15,18,23H,7-12H2,1-4H3,(H,24,28,29). The summed E-state index contributed by atoms with van der Waals surface area (Å²) in [5.41, 5.74) is 2.71. The van der Waals surface area contributed by atoms with E-state index in [-0.39, 0.29) is 17.9 Å². The SMILES string of the molecule is CN(c1cc(C2CCNCC2)ccc1N(C=O)C1CCC(=O)NC1=O)C(C)(C)C. The van der Waals surface area contributed by atoms with Gasteiger partial charge >= 0.3 is 0 Å². The van der Waals surface area contributed by atoms with Crippen LogP contribution in [0, 0.1) is 0 Å². The average Bonchev–Trinajstić information content (AvgIpc) is 2.69. The van der Waals surface area contributed by atoms with Crippen molar-refractivity contribution >= 4 is 29.6 Å². The molecule has 0 aromatic heterocycles. The van der Waals surface area contributed by atoms with Crippen molar-refractivity contribution in [2.24, 2.45) is 0 Å². The van der Waals surface area contributed by atoms with Crippen LogP contribution in [0.4, 0.5) is 11.4 Å². The second-order valence-electron chi connectivity index (χ2n) is 8.98. The van der Waals surface area contributed by atoms with Gasteiger partial charge in [-0.05, 0) is 76.7 Å². The highest BCUT2D eigenvalue weighted by Crippen LogP contribution is 2.38. The predicted octanol–water partition coefficient (Wildman–Crippen LogP) is 2.16. The Kier molecular flexibility index (Phi) is 6.27. The summed E-state index contributed by atoms with van der Waals surface area (Å²) in [4.78, 5) is 39.7. The lowest BCUT2D eigenvalue weighted by Gasteiger charge is -2.39. The Morgan fingerprint density at radius 1 is 1.07 bits per heavy atom. The fourth-order valence-corrected chi connectivity index (χ4v) is 4.04. The molecule has 2 aliphatic heterocycles. The lowest BCUT2D eigenvalue weighted by molar-refractivity contribution is -0.134. The minimum absolute atomic E-state index is 0.166. The smallest absolute Gasteiger partial charge is 0.249 e. The van der Waals surface area contributed by atoms with Gasteiger partial charge in [-0.2, -0.15) is 0 Å². The molecule has 0 radical (unpaired) electrons. The number of nitrogens with zero attached hydrogens (tertiary/aromatic N) is 2. The molecule has 2 heterocycles. The predicted molar refractivity (Wildman–Crippen MR) is 114 cm³/mol. The Bertz CT molecular complexity index is 781. The summed E-state index contributed by atoms with van der Waals surface area (Å²) in [6.07, 6.45) is 3.45. The lowest BCUT2D eigenvalue weighted by atomic mass is 9.89. The summed E-state index contributed by atoms with van der Waals surface area (Å²) >= 11 is 0. The number of hydrogen-bond donors (Lipinski definition) is 2. The fourth-order valence-electron chi connectivity index (χ4n) is 4.04. The molecule has 1 atom stereocenters. The normalized spacial score (nSPS) is 20.9. The summed E-state index contributed by atoms with van der Waals surface area (Å²) in [7, 11) is 2.01. The van der Waals surface area contributed by atoms with Gasteiger partial charge in [-0.15, -0.1) is 0 Å². The number of benzene rings is 1. The monoisotopic (exact) mass is 400 g/mol. The third-order valence-electron chi connectivity index (χ3n) is 6.12. The molecule has 1 aromatic rings. The molecule has 158 valence electrons. The van der Waals surface area contributed by atoms with E-state index in [1.54, 1.807) is 0 Å². The molecular weight excluding hydrogens is 368 g/mol. The van der Waals surface area contributed by atoms with Crippen LogP contribution in [0.2, 0.25) is 0 Å². The van der Waals surface area contributed by atoms with Crippen molar-refractivity contribution in [2.45, 2.75) is 64.0 Å². The minimum Gasteiger partial charge on any atom is -0.368 e. The quantitative estimate of drug-likeness (QED) is 0.585. The molecule has 0 spiro atoms. The summed E-state index contributed by atoms with van der Waals surface area (Å²) in [5, 5.41) is 5.76. The van der Waals surface area contributed by atoms with Crippen LogP contribution in [0.25, 0.3) is 0 Å². The molecule has 0 bridgehead atoms. The summed E-state index contributed by atoms with van der Waals surface area (Å²) in [5.74, 6) is -0.219. The van der Waals surface area contributed by atoms with Gasteiger partial charge in [0.25, 0.3) is 0 Å². The number of carbonyl (C=O) groups is 3. The molecule has 2 saturated heterocycles. The van der Waals surface area contributed by atoms with Crippen LogP contribution in [-0.2, 0) is 14.4 Å². The zero-order valence-corrected chi connectivity index (χ0v) is 17.8. The first kappa shape index (κ1) is 21.3. The molecule has 1 aromatic carbocycles. The van der Waals surface area contributed by atoms with E-state index in [1.807, 2.05) is 13.1 Å². The first-order chi connectivity index (χ1) is 13.7.